The number of hydrogen-bond donors (Lipinski definition) is 1. The summed E-state index contributed by atoms with van der Waals surface area (Å²) in [4.78, 5) is 17.0. The van der Waals surface area contributed by atoms with Crippen LogP contribution in [0.1, 0.15) is 29.7 Å². The van der Waals surface area contributed by atoms with Crippen LogP contribution in [-0.4, -0.2) is 17.4 Å². The third kappa shape index (κ3) is 3.70. The molecule has 0 unspecified atom stereocenters. The van der Waals surface area contributed by atoms with Gasteiger partial charge in [-0.05, 0) is 31.4 Å². The number of nitrogens with zero attached hydrogens (tertiary/aromatic N) is 1. The quantitative estimate of drug-likeness (QED) is 0.701. The number of thiazole rings is 1. The highest BCUT2D eigenvalue weighted by molar-refractivity contribution is 7.13. The Morgan fingerprint density at radius 3 is 2.69 bits per heavy atom. The van der Waals surface area contributed by atoms with E-state index in [1.54, 1.807) is 11.3 Å². The number of benzene rings is 2. The topological polar surface area (TPSA) is 42.0 Å². The third-order valence-electron chi connectivity index (χ3n) is 5.02. The lowest BCUT2D eigenvalue weighted by molar-refractivity contribution is -0.120. The zero-order chi connectivity index (χ0) is 18.0. The van der Waals surface area contributed by atoms with E-state index < -0.39 is 0 Å². The highest BCUT2D eigenvalue weighted by atomic mass is 32.1. The minimum Gasteiger partial charge on any atom is -0.355 e. The van der Waals surface area contributed by atoms with E-state index in [0.717, 1.165) is 29.1 Å². The van der Waals surface area contributed by atoms with Gasteiger partial charge < -0.3 is 5.32 Å². The zero-order valence-corrected chi connectivity index (χ0v) is 15.7. The van der Waals surface area contributed by atoms with E-state index in [9.17, 15) is 4.79 Å². The number of hydrogen-bond acceptors (Lipinski definition) is 3. The predicted octanol–water partition coefficient (Wildman–Crippen LogP) is 4.51. The van der Waals surface area contributed by atoms with Gasteiger partial charge in [-0.2, -0.15) is 0 Å². The molecule has 4 rings (SSSR count). The Morgan fingerprint density at radius 1 is 1.15 bits per heavy atom. The van der Waals surface area contributed by atoms with Crippen LogP contribution in [-0.2, 0) is 16.6 Å². The monoisotopic (exact) mass is 362 g/mol. The number of carbonyl (C=O) groups excluding carboxylic acids is 1. The van der Waals surface area contributed by atoms with Crippen molar-refractivity contribution in [3.8, 4) is 10.6 Å². The van der Waals surface area contributed by atoms with Crippen LogP contribution >= 0.6 is 11.3 Å². The second kappa shape index (κ2) is 7.04. The van der Waals surface area contributed by atoms with Gasteiger partial charge in [0, 0.05) is 22.9 Å². The van der Waals surface area contributed by atoms with Crippen molar-refractivity contribution in [3.63, 3.8) is 0 Å². The van der Waals surface area contributed by atoms with Crippen molar-refractivity contribution in [1.29, 1.82) is 0 Å². The third-order valence-corrected chi connectivity index (χ3v) is 5.96. The molecule has 3 nitrogen and oxygen atoms in total. The molecule has 3 aromatic rings. The molecule has 0 aliphatic heterocycles. The highest BCUT2D eigenvalue weighted by Gasteiger charge is 2.44. The molecule has 1 heterocycles. The van der Waals surface area contributed by atoms with E-state index in [-0.39, 0.29) is 11.3 Å². The van der Waals surface area contributed by atoms with Gasteiger partial charge in [0.25, 0.3) is 0 Å². The zero-order valence-electron chi connectivity index (χ0n) is 14.9. The largest absolute Gasteiger partial charge is 0.355 e. The molecule has 1 aromatic heterocycles. The van der Waals surface area contributed by atoms with E-state index in [0.29, 0.717) is 13.0 Å². The Balaban J connectivity index is 1.36. The predicted molar refractivity (Wildman–Crippen MR) is 106 cm³/mol. The molecule has 26 heavy (non-hydrogen) atoms. The summed E-state index contributed by atoms with van der Waals surface area (Å²) in [5.41, 5.74) is 4.64. The van der Waals surface area contributed by atoms with Crippen LogP contribution in [0.25, 0.3) is 10.6 Å². The first kappa shape index (κ1) is 17.0. The Hall–Kier alpha value is -2.46. The van der Waals surface area contributed by atoms with Crippen molar-refractivity contribution >= 4 is 17.2 Å². The summed E-state index contributed by atoms with van der Waals surface area (Å²) in [5.74, 6) is 0.0494. The van der Waals surface area contributed by atoms with Gasteiger partial charge in [0.15, 0.2) is 0 Å². The molecule has 0 saturated heterocycles. The Bertz CT molecular complexity index is 913. The summed E-state index contributed by atoms with van der Waals surface area (Å²) in [5, 5.41) is 6.08. The van der Waals surface area contributed by atoms with Gasteiger partial charge in [-0.25, -0.2) is 4.98 Å². The summed E-state index contributed by atoms with van der Waals surface area (Å²) in [6.07, 6.45) is 2.63. The van der Waals surface area contributed by atoms with E-state index in [4.69, 9.17) is 0 Å². The fourth-order valence-electron chi connectivity index (χ4n) is 3.30. The average Bonchev–Trinajstić information content (AvgIpc) is 3.32. The molecular formula is C22H22N2OS. The Kier molecular flexibility index (Phi) is 4.60. The lowest BCUT2D eigenvalue weighted by Gasteiger charge is -2.16. The minimum atomic E-state index is 0.0494. The molecule has 0 spiro atoms. The van der Waals surface area contributed by atoms with Gasteiger partial charge >= 0.3 is 0 Å². The van der Waals surface area contributed by atoms with Crippen molar-refractivity contribution in [2.75, 3.05) is 6.54 Å². The number of nitrogens with one attached hydrogen (secondary N) is 1. The van der Waals surface area contributed by atoms with E-state index in [1.165, 1.54) is 11.1 Å². The second-order valence-electron chi connectivity index (χ2n) is 7.11. The molecule has 132 valence electrons. The Morgan fingerprint density at radius 2 is 1.96 bits per heavy atom. The molecule has 2 aromatic carbocycles. The lowest BCUT2D eigenvalue weighted by atomic mass is 9.96. The summed E-state index contributed by atoms with van der Waals surface area (Å²) < 4.78 is 0. The van der Waals surface area contributed by atoms with Gasteiger partial charge in [-0.3, -0.25) is 4.79 Å². The highest BCUT2D eigenvalue weighted by Crippen LogP contribution is 2.47. The van der Waals surface area contributed by atoms with Crippen molar-refractivity contribution in [3.05, 3.63) is 76.8 Å². The van der Waals surface area contributed by atoms with Gasteiger partial charge in [0.2, 0.25) is 5.91 Å². The first-order valence-corrected chi connectivity index (χ1v) is 9.86. The summed E-state index contributed by atoms with van der Waals surface area (Å²) in [6.45, 7) is 2.79. The maximum absolute atomic E-state index is 12.4. The smallest absolute Gasteiger partial charge is 0.226 e. The number of amides is 1. The van der Waals surface area contributed by atoms with Gasteiger partial charge in [0.1, 0.15) is 5.01 Å². The van der Waals surface area contributed by atoms with E-state index in [2.05, 4.69) is 59.7 Å². The molecule has 1 N–H and O–H groups in total. The van der Waals surface area contributed by atoms with Crippen molar-refractivity contribution in [2.45, 2.75) is 31.6 Å². The standard InChI is InChI=1S/C22H22N2OS/c1-16-6-5-7-17(12-16)21-24-19(14-26-21)13-20(25)23-15-22(10-11-22)18-8-3-2-4-9-18/h2-9,12,14H,10-11,13,15H2,1H3,(H,23,25). The van der Waals surface area contributed by atoms with Crippen LogP contribution in [0, 0.1) is 6.92 Å². The molecule has 1 aliphatic rings. The Labute approximate surface area is 158 Å². The minimum absolute atomic E-state index is 0.0494. The van der Waals surface area contributed by atoms with Crippen LogP contribution in [0.4, 0.5) is 0 Å². The van der Waals surface area contributed by atoms with Crippen LogP contribution in [0.3, 0.4) is 0 Å². The molecule has 0 atom stereocenters. The first-order chi connectivity index (χ1) is 12.6. The first-order valence-electron chi connectivity index (χ1n) is 8.98. The summed E-state index contributed by atoms with van der Waals surface area (Å²) in [7, 11) is 0. The summed E-state index contributed by atoms with van der Waals surface area (Å²) >= 11 is 1.60. The molecule has 1 saturated carbocycles. The number of aryl methyl sites for hydroxylation is 1. The molecule has 4 heteroatoms. The van der Waals surface area contributed by atoms with Crippen molar-refractivity contribution in [2.24, 2.45) is 0 Å². The van der Waals surface area contributed by atoms with Crippen LogP contribution in [0.2, 0.25) is 0 Å². The van der Waals surface area contributed by atoms with Crippen molar-refractivity contribution < 1.29 is 4.79 Å². The maximum Gasteiger partial charge on any atom is 0.226 e. The van der Waals surface area contributed by atoms with Crippen molar-refractivity contribution in [1.82, 2.24) is 10.3 Å². The number of rotatable bonds is 6. The lowest BCUT2D eigenvalue weighted by Crippen LogP contribution is -2.33. The van der Waals surface area contributed by atoms with E-state index in [1.807, 2.05) is 17.5 Å². The number of aromatic nitrogens is 1. The van der Waals surface area contributed by atoms with Gasteiger partial charge in [0.05, 0.1) is 12.1 Å². The van der Waals surface area contributed by atoms with Gasteiger partial charge in [-0.1, -0.05) is 54.1 Å². The van der Waals surface area contributed by atoms with Crippen LogP contribution in [0.5, 0.6) is 0 Å². The van der Waals surface area contributed by atoms with E-state index >= 15 is 0 Å². The molecule has 1 amide bonds. The van der Waals surface area contributed by atoms with Gasteiger partial charge in [-0.15, -0.1) is 11.3 Å². The molecule has 0 radical (unpaired) electrons. The SMILES string of the molecule is Cc1cccc(-c2nc(CC(=O)NCC3(c4ccccc4)CC3)cs2)c1. The average molecular weight is 362 g/mol. The van der Waals surface area contributed by atoms with Crippen LogP contribution < -0.4 is 5.32 Å². The maximum atomic E-state index is 12.4. The molecule has 1 aliphatic carbocycles. The summed E-state index contributed by atoms with van der Waals surface area (Å²) in [6, 6.07) is 18.8. The fourth-order valence-corrected chi connectivity index (χ4v) is 4.12. The fraction of sp³-hybridized carbons (Fsp3) is 0.273. The van der Waals surface area contributed by atoms with Crippen LogP contribution in [0.15, 0.2) is 60.0 Å². The molecule has 1 fully saturated rings. The molecular weight excluding hydrogens is 340 g/mol. The normalized spacial score (nSPS) is 14.8. The number of carbonyl (C=O) groups is 1. The second-order valence-corrected chi connectivity index (χ2v) is 7.97. The molecule has 0 bridgehead atoms.